The summed E-state index contributed by atoms with van der Waals surface area (Å²) in [7, 11) is 0. The predicted octanol–water partition coefficient (Wildman–Crippen LogP) is 2.77. The summed E-state index contributed by atoms with van der Waals surface area (Å²) in [5, 5.41) is 1.21. The van der Waals surface area contributed by atoms with E-state index in [0.29, 0.717) is 0 Å². The van der Waals surface area contributed by atoms with Gasteiger partial charge in [-0.05, 0) is 35.7 Å². The lowest BCUT2D eigenvalue weighted by atomic mass is 10.0. The Morgan fingerprint density at radius 3 is 3.15 bits per heavy atom. The van der Waals surface area contributed by atoms with Crippen molar-refractivity contribution in [2.75, 3.05) is 0 Å². The highest BCUT2D eigenvalue weighted by atomic mass is 16.5. The molecule has 1 aliphatic rings. The van der Waals surface area contributed by atoms with E-state index in [0.717, 1.165) is 18.8 Å². The second-order valence-electron chi connectivity index (χ2n) is 3.46. The van der Waals surface area contributed by atoms with Gasteiger partial charge in [-0.25, -0.2) is 0 Å². The van der Waals surface area contributed by atoms with Crippen LogP contribution in [-0.4, -0.2) is 0 Å². The standard InChI is InChI=1S/C11H10O2/c1-7-9-2-3-13-11(9)4-8-5-12-6-10(7)8/h2-4H,5-6H2,1H3. The van der Waals surface area contributed by atoms with Crippen molar-refractivity contribution in [1.82, 2.24) is 0 Å². The van der Waals surface area contributed by atoms with E-state index in [1.54, 1.807) is 6.26 Å². The predicted molar refractivity (Wildman–Crippen MR) is 49.4 cm³/mol. The molecule has 2 nitrogen and oxygen atoms in total. The number of hydrogen-bond acceptors (Lipinski definition) is 2. The van der Waals surface area contributed by atoms with Gasteiger partial charge in [0.05, 0.1) is 19.5 Å². The van der Waals surface area contributed by atoms with Crippen LogP contribution in [0.3, 0.4) is 0 Å². The van der Waals surface area contributed by atoms with Gasteiger partial charge < -0.3 is 9.15 Å². The van der Waals surface area contributed by atoms with E-state index >= 15 is 0 Å². The molecule has 1 aromatic carbocycles. The third-order valence-corrected chi connectivity index (χ3v) is 2.75. The van der Waals surface area contributed by atoms with Gasteiger partial charge in [0, 0.05) is 5.39 Å². The first-order valence-corrected chi connectivity index (χ1v) is 4.42. The lowest BCUT2D eigenvalue weighted by molar-refractivity contribution is 0.134. The van der Waals surface area contributed by atoms with Gasteiger partial charge in [-0.3, -0.25) is 0 Å². The maximum Gasteiger partial charge on any atom is 0.134 e. The lowest BCUT2D eigenvalue weighted by Gasteiger charge is -2.02. The van der Waals surface area contributed by atoms with Crippen molar-refractivity contribution in [2.45, 2.75) is 20.1 Å². The molecule has 0 aliphatic carbocycles. The first kappa shape index (κ1) is 7.15. The molecule has 66 valence electrons. The van der Waals surface area contributed by atoms with Gasteiger partial charge in [-0.2, -0.15) is 0 Å². The van der Waals surface area contributed by atoms with Crippen LogP contribution in [0.25, 0.3) is 11.0 Å². The van der Waals surface area contributed by atoms with E-state index in [1.165, 1.54) is 22.1 Å². The monoisotopic (exact) mass is 174 g/mol. The number of fused-ring (bicyclic) bond motifs is 2. The fourth-order valence-electron chi connectivity index (χ4n) is 1.98. The van der Waals surface area contributed by atoms with Crippen LogP contribution >= 0.6 is 0 Å². The van der Waals surface area contributed by atoms with Gasteiger partial charge in [0.15, 0.2) is 0 Å². The quantitative estimate of drug-likeness (QED) is 0.612. The van der Waals surface area contributed by atoms with Crippen LogP contribution in [0.2, 0.25) is 0 Å². The molecule has 0 radical (unpaired) electrons. The molecule has 0 unspecified atom stereocenters. The fourth-order valence-corrected chi connectivity index (χ4v) is 1.98. The Morgan fingerprint density at radius 1 is 1.31 bits per heavy atom. The minimum absolute atomic E-state index is 0.729. The van der Waals surface area contributed by atoms with E-state index in [2.05, 4.69) is 13.0 Å². The molecule has 0 atom stereocenters. The van der Waals surface area contributed by atoms with Crippen molar-refractivity contribution in [3.05, 3.63) is 35.1 Å². The van der Waals surface area contributed by atoms with E-state index in [4.69, 9.17) is 9.15 Å². The molecule has 2 heteroatoms. The van der Waals surface area contributed by atoms with Crippen LogP contribution in [0, 0.1) is 6.92 Å². The highest BCUT2D eigenvalue weighted by Gasteiger charge is 2.16. The highest BCUT2D eigenvalue weighted by molar-refractivity contribution is 5.83. The smallest absolute Gasteiger partial charge is 0.134 e. The minimum atomic E-state index is 0.729. The Balaban J connectivity index is 2.45. The van der Waals surface area contributed by atoms with Crippen LogP contribution in [0.4, 0.5) is 0 Å². The van der Waals surface area contributed by atoms with Gasteiger partial charge >= 0.3 is 0 Å². The Kier molecular flexibility index (Phi) is 1.30. The first-order valence-electron chi connectivity index (χ1n) is 4.42. The molecular formula is C11H10O2. The SMILES string of the molecule is Cc1c2c(cc3occc13)COC2. The molecule has 0 saturated heterocycles. The highest BCUT2D eigenvalue weighted by Crippen LogP contribution is 2.30. The topological polar surface area (TPSA) is 22.4 Å². The van der Waals surface area contributed by atoms with E-state index in [9.17, 15) is 0 Å². The van der Waals surface area contributed by atoms with Crippen LogP contribution in [0.15, 0.2) is 22.8 Å². The van der Waals surface area contributed by atoms with Crippen molar-refractivity contribution < 1.29 is 9.15 Å². The summed E-state index contributed by atoms with van der Waals surface area (Å²) in [6, 6.07) is 4.11. The molecule has 2 aromatic rings. The first-order chi connectivity index (χ1) is 6.36. The second kappa shape index (κ2) is 2.36. The summed E-state index contributed by atoms with van der Waals surface area (Å²) >= 11 is 0. The summed E-state index contributed by atoms with van der Waals surface area (Å²) in [5.41, 5.74) is 4.90. The molecule has 0 saturated carbocycles. The van der Waals surface area contributed by atoms with Gasteiger partial charge in [-0.15, -0.1) is 0 Å². The Hall–Kier alpha value is -1.28. The van der Waals surface area contributed by atoms with Crippen LogP contribution in [0.1, 0.15) is 16.7 Å². The summed E-state index contributed by atoms with van der Waals surface area (Å²) in [5.74, 6) is 0. The van der Waals surface area contributed by atoms with Gasteiger partial charge in [-0.1, -0.05) is 0 Å². The van der Waals surface area contributed by atoms with E-state index in [-0.39, 0.29) is 0 Å². The molecule has 0 N–H and O–H groups in total. The van der Waals surface area contributed by atoms with Gasteiger partial charge in [0.2, 0.25) is 0 Å². The molecule has 1 aliphatic heterocycles. The van der Waals surface area contributed by atoms with Crippen LogP contribution in [-0.2, 0) is 18.0 Å². The molecule has 0 spiro atoms. The maximum atomic E-state index is 5.39. The normalized spacial score (nSPS) is 15.2. The fraction of sp³-hybridized carbons (Fsp3) is 0.273. The largest absolute Gasteiger partial charge is 0.464 e. The average molecular weight is 174 g/mol. The Morgan fingerprint density at radius 2 is 2.23 bits per heavy atom. The molecule has 0 amide bonds. The van der Waals surface area contributed by atoms with Crippen molar-refractivity contribution in [2.24, 2.45) is 0 Å². The second-order valence-corrected chi connectivity index (χ2v) is 3.46. The number of ether oxygens (including phenoxy) is 1. The summed E-state index contributed by atoms with van der Waals surface area (Å²) in [6.07, 6.45) is 1.74. The molecular weight excluding hydrogens is 164 g/mol. The van der Waals surface area contributed by atoms with Crippen LogP contribution < -0.4 is 0 Å². The van der Waals surface area contributed by atoms with Gasteiger partial charge in [0.25, 0.3) is 0 Å². The van der Waals surface area contributed by atoms with Gasteiger partial charge in [0.1, 0.15) is 5.58 Å². The molecule has 3 rings (SSSR count). The Bertz CT molecular complexity index is 468. The van der Waals surface area contributed by atoms with E-state index in [1.807, 2.05) is 6.07 Å². The molecule has 0 bridgehead atoms. The molecule has 13 heavy (non-hydrogen) atoms. The lowest BCUT2D eigenvalue weighted by Crippen LogP contribution is -1.87. The zero-order valence-corrected chi connectivity index (χ0v) is 7.46. The number of benzene rings is 1. The third-order valence-electron chi connectivity index (χ3n) is 2.75. The number of furan rings is 1. The molecule has 2 heterocycles. The van der Waals surface area contributed by atoms with Crippen molar-refractivity contribution in [3.63, 3.8) is 0 Å². The summed E-state index contributed by atoms with van der Waals surface area (Å²) < 4.78 is 10.8. The van der Waals surface area contributed by atoms with Crippen LogP contribution in [0.5, 0.6) is 0 Å². The number of hydrogen-bond donors (Lipinski definition) is 0. The maximum absolute atomic E-state index is 5.39. The van der Waals surface area contributed by atoms with Crippen molar-refractivity contribution >= 4 is 11.0 Å². The van der Waals surface area contributed by atoms with E-state index < -0.39 is 0 Å². The summed E-state index contributed by atoms with van der Waals surface area (Å²) in [4.78, 5) is 0. The molecule has 1 aromatic heterocycles. The molecule has 0 fully saturated rings. The summed E-state index contributed by atoms with van der Waals surface area (Å²) in [6.45, 7) is 3.61. The number of rotatable bonds is 0. The zero-order valence-electron chi connectivity index (χ0n) is 7.46. The number of aryl methyl sites for hydroxylation is 1. The van der Waals surface area contributed by atoms with Crippen molar-refractivity contribution in [3.8, 4) is 0 Å². The van der Waals surface area contributed by atoms with Crippen molar-refractivity contribution in [1.29, 1.82) is 0 Å². The average Bonchev–Trinajstić information content (AvgIpc) is 2.71. The Labute approximate surface area is 76.1 Å². The third kappa shape index (κ3) is 0.864. The minimum Gasteiger partial charge on any atom is -0.464 e. The zero-order chi connectivity index (χ0) is 8.84.